The standard InChI is InChI=1S/C20H19NO6S2/c22-20(27-12-14-13-28-19-5-2-1-4-16(14)19)11-21-29(23,24)15-6-7-17-18(10-15)26-9-3-8-25-17/h1-2,4-7,10,13,21H,3,8-9,11-12H2. The molecular weight excluding hydrogens is 414 g/mol. The largest absolute Gasteiger partial charge is 0.490 e. The van der Waals surface area contributed by atoms with Crippen molar-refractivity contribution < 1.29 is 27.4 Å². The van der Waals surface area contributed by atoms with E-state index in [0.717, 1.165) is 22.1 Å². The molecule has 0 aliphatic carbocycles. The molecule has 0 fully saturated rings. The third-order valence-electron chi connectivity index (χ3n) is 4.39. The van der Waals surface area contributed by atoms with Crippen LogP contribution in [0.4, 0.5) is 0 Å². The van der Waals surface area contributed by atoms with Crippen LogP contribution in [0.25, 0.3) is 10.1 Å². The van der Waals surface area contributed by atoms with Gasteiger partial charge in [-0.2, -0.15) is 4.72 Å². The molecule has 1 aliphatic rings. The van der Waals surface area contributed by atoms with Gasteiger partial charge in [-0.3, -0.25) is 4.79 Å². The molecule has 7 nitrogen and oxygen atoms in total. The van der Waals surface area contributed by atoms with E-state index >= 15 is 0 Å². The van der Waals surface area contributed by atoms with Crippen LogP contribution >= 0.6 is 11.3 Å². The number of sulfonamides is 1. The molecule has 0 saturated carbocycles. The summed E-state index contributed by atoms with van der Waals surface area (Å²) in [5.41, 5.74) is 0.893. The maximum absolute atomic E-state index is 12.5. The predicted molar refractivity (Wildman–Crippen MR) is 109 cm³/mol. The first-order valence-corrected chi connectivity index (χ1v) is 11.4. The molecule has 0 amide bonds. The Morgan fingerprint density at radius 3 is 2.76 bits per heavy atom. The summed E-state index contributed by atoms with van der Waals surface area (Å²) >= 11 is 1.57. The summed E-state index contributed by atoms with van der Waals surface area (Å²) in [6.45, 7) is 0.601. The monoisotopic (exact) mass is 433 g/mol. The van der Waals surface area contributed by atoms with Crippen molar-refractivity contribution in [3.63, 3.8) is 0 Å². The van der Waals surface area contributed by atoms with Crippen LogP contribution in [-0.4, -0.2) is 34.1 Å². The van der Waals surface area contributed by atoms with Gasteiger partial charge in [0.25, 0.3) is 0 Å². The molecule has 152 valence electrons. The summed E-state index contributed by atoms with van der Waals surface area (Å²) in [5.74, 6) is 0.222. The van der Waals surface area contributed by atoms with E-state index in [-0.39, 0.29) is 11.5 Å². The lowest BCUT2D eigenvalue weighted by Gasteiger charge is -2.11. The van der Waals surface area contributed by atoms with Gasteiger partial charge in [0.1, 0.15) is 13.2 Å². The Labute approximate surface area is 172 Å². The molecule has 1 aliphatic heterocycles. The zero-order valence-electron chi connectivity index (χ0n) is 15.4. The van der Waals surface area contributed by atoms with Crippen molar-refractivity contribution in [3.8, 4) is 11.5 Å². The second-order valence-electron chi connectivity index (χ2n) is 6.40. The van der Waals surface area contributed by atoms with Crippen molar-refractivity contribution in [2.75, 3.05) is 19.8 Å². The maximum atomic E-state index is 12.5. The Morgan fingerprint density at radius 2 is 1.90 bits per heavy atom. The van der Waals surface area contributed by atoms with Crippen LogP contribution in [-0.2, 0) is 26.2 Å². The lowest BCUT2D eigenvalue weighted by Crippen LogP contribution is -2.30. The molecule has 0 unspecified atom stereocenters. The molecule has 29 heavy (non-hydrogen) atoms. The van der Waals surface area contributed by atoms with E-state index in [1.54, 1.807) is 17.4 Å². The first-order chi connectivity index (χ1) is 14.0. The number of rotatable bonds is 6. The highest BCUT2D eigenvalue weighted by Crippen LogP contribution is 2.31. The number of carbonyl (C=O) groups excluding carboxylic acids is 1. The molecule has 1 aromatic heterocycles. The summed E-state index contributed by atoms with van der Waals surface area (Å²) in [5, 5.41) is 2.96. The number of benzene rings is 2. The molecule has 3 aromatic rings. The van der Waals surface area contributed by atoms with Gasteiger partial charge < -0.3 is 14.2 Å². The first-order valence-electron chi connectivity index (χ1n) is 9.03. The van der Waals surface area contributed by atoms with E-state index in [1.165, 1.54) is 12.1 Å². The molecule has 1 N–H and O–H groups in total. The van der Waals surface area contributed by atoms with Crippen molar-refractivity contribution in [2.24, 2.45) is 0 Å². The van der Waals surface area contributed by atoms with Gasteiger partial charge in [0.15, 0.2) is 11.5 Å². The van der Waals surface area contributed by atoms with Gasteiger partial charge in [-0.1, -0.05) is 18.2 Å². The van der Waals surface area contributed by atoms with Crippen LogP contribution in [0, 0.1) is 0 Å². The minimum atomic E-state index is -3.89. The number of fused-ring (bicyclic) bond motifs is 2. The number of esters is 1. The van der Waals surface area contributed by atoms with E-state index in [4.69, 9.17) is 14.2 Å². The van der Waals surface area contributed by atoms with Gasteiger partial charge in [0.05, 0.1) is 18.1 Å². The van der Waals surface area contributed by atoms with Crippen molar-refractivity contribution in [3.05, 3.63) is 53.4 Å². The van der Waals surface area contributed by atoms with Gasteiger partial charge >= 0.3 is 5.97 Å². The Balaban J connectivity index is 1.36. The van der Waals surface area contributed by atoms with Gasteiger partial charge in [0.2, 0.25) is 10.0 Å². The zero-order chi connectivity index (χ0) is 20.3. The van der Waals surface area contributed by atoms with E-state index in [0.29, 0.717) is 24.7 Å². The fraction of sp³-hybridized carbons (Fsp3) is 0.250. The van der Waals surface area contributed by atoms with Crippen LogP contribution in [0.5, 0.6) is 11.5 Å². The average Bonchev–Trinajstić information content (AvgIpc) is 2.99. The summed E-state index contributed by atoms with van der Waals surface area (Å²) in [4.78, 5) is 12.0. The number of carbonyl (C=O) groups is 1. The van der Waals surface area contributed by atoms with Crippen molar-refractivity contribution in [2.45, 2.75) is 17.9 Å². The minimum absolute atomic E-state index is 0.00150. The minimum Gasteiger partial charge on any atom is -0.490 e. The molecule has 4 rings (SSSR count). The number of hydrogen-bond acceptors (Lipinski definition) is 7. The van der Waals surface area contributed by atoms with Crippen molar-refractivity contribution >= 4 is 37.4 Å². The average molecular weight is 434 g/mol. The van der Waals surface area contributed by atoms with E-state index in [2.05, 4.69) is 4.72 Å². The lowest BCUT2D eigenvalue weighted by molar-refractivity contribution is -0.143. The molecule has 0 spiro atoms. The molecular formula is C20H19NO6S2. The van der Waals surface area contributed by atoms with Crippen LogP contribution < -0.4 is 14.2 Å². The zero-order valence-corrected chi connectivity index (χ0v) is 17.1. The number of ether oxygens (including phenoxy) is 3. The predicted octanol–water partition coefficient (Wildman–Crippen LogP) is 3.08. The van der Waals surface area contributed by atoms with Crippen LogP contribution in [0.1, 0.15) is 12.0 Å². The normalized spacial score (nSPS) is 13.8. The van der Waals surface area contributed by atoms with Crippen LogP contribution in [0.3, 0.4) is 0 Å². The number of thiophene rings is 1. The van der Waals surface area contributed by atoms with Crippen LogP contribution in [0.15, 0.2) is 52.7 Å². The fourth-order valence-electron chi connectivity index (χ4n) is 2.90. The topological polar surface area (TPSA) is 90.9 Å². The fourth-order valence-corrected chi connectivity index (χ4v) is 4.83. The second kappa shape index (κ2) is 8.40. The van der Waals surface area contributed by atoms with E-state index < -0.39 is 22.5 Å². The Bertz CT molecular complexity index is 1140. The van der Waals surface area contributed by atoms with Gasteiger partial charge in [-0.25, -0.2) is 8.42 Å². The molecule has 9 heteroatoms. The van der Waals surface area contributed by atoms with E-state index in [9.17, 15) is 13.2 Å². The second-order valence-corrected chi connectivity index (χ2v) is 9.08. The van der Waals surface area contributed by atoms with Gasteiger partial charge in [0, 0.05) is 22.8 Å². The third-order valence-corrected chi connectivity index (χ3v) is 6.80. The van der Waals surface area contributed by atoms with Crippen molar-refractivity contribution in [1.29, 1.82) is 0 Å². The summed E-state index contributed by atoms with van der Waals surface area (Å²) in [7, 11) is -3.89. The first kappa shape index (κ1) is 19.7. The summed E-state index contributed by atoms with van der Waals surface area (Å²) in [6.07, 6.45) is 0.722. The smallest absolute Gasteiger partial charge is 0.321 e. The quantitative estimate of drug-likeness (QED) is 0.601. The molecule has 2 heterocycles. The molecule has 0 atom stereocenters. The van der Waals surface area contributed by atoms with Gasteiger partial charge in [-0.15, -0.1) is 11.3 Å². The highest BCUT2D eigenvalue weighted by molar-refractivity contribution is 7.89. The number of nitrogens with one attached hydrogen (secondary N) is 1. The van der Waals surface area contributed by atoms with Crippen molar-refractivity contribution in [1.82, 2.24) is 4.72 Å². The summed E-state index contributed by atoms with van der Waals surface area (Å²) in [6, 6.07) is 12.2. The Kier molecular flexibility index (Phi) is 5.70. The Hall–Kier alpha value is -2.62. The molecule has 0 radical (unpaired) electrons. The maximum Gasteiger partial charge on any atom is 0.321 e. The molecule has 0 bridgehead atoms. The highest BCUT2D eigenvalue weighted by atomic mass is 32.2. The van der Waals surface area contributed by atoms with Gasteiger partial charge in [-0.05, 0) is 29.0 Å². The van der Waals surface area contributed by atoms with E-state index in [1.807, 2.05) is 29.6 Å². The highest BCUT2D eigenvalue weighted by Gasteiger charge is 2.20. The Morgan fingerprint density at radius 1 is 1.10 bits per heavy atom. The third kappa shape index (κ3) is 4.52. The molecule has 2 aromatic carbocycles. The summed E-state index contributed by atoms with van der Waals surface area (Å²) < 4.78 is 44.6. The molecule has 0 saturated heterocycles. The van der Waals surface area contributed by atoms with Crippen LogP contribution in [0.2, 0.25) is 0 Å². The SMILES string of the molecule is O=C(CNS(=O)(=O)c1ccc2c(c1)OCCCO2)OCc1csc2ccccc12. The lowest BCUT2D eigenvalue weighted by atomic mass is 10.2. The number of hydrogen-bond donors (Lipinski definition) is 1.